The summed E-state index contributed by atoms with van der Waals surface area (Å²) in [4.78, 5) is 36.0. The minimum atomic E-state index is -1.51. The molecule has 6 unspecified atom stereocenters. The maximum atomic E-state index is 15.5. The van der Waals surface area contributed by atoms with Gasteiger partial charge in [-0.25, -0.2) is 4.79 Å². The van der Waals surface area contributed by atoms with Crippen LogP contribution in [0.3, 0.4) is 0 Å². The maximum Gasteiger partial charge on any atom is 0.412 e. The average Bonchev–Trinajstić information content (AvgIpc) is 3.30. The summed E-state index contributed by atoms with van der Waals surface area (Å²) in [5.74, 6) is -1.76. The smallest absolute Gasteiger partial charge is 0.412 e. The molecule has 4 aromatic carbocycles. The molecule has 12 heteroatoms. The van der Waals surface area contributed by atoms with Gasteiger partial charge in [-0.2, -0.15) is 5.26 Å². The van der Waals surface area contributed by atoms with E-state index in [1.54, 1.807) is 36.4 Å². The predicted octanol–water partition coefficient (Wildman–Crippen LogP) is 8.82. The number of nitriles is 1. The molecule has 0 saturated heterocycles. The highest BCUT2D eigenvalue weighted by atomic mass is 16.7. The van der Waals surface area contributed by atoms with Crippen LogP contribution >= 0.6 is 0 Å². The Morgan fingerprint density at radius 1 is 1.00 bits per heavy atom. The van der Waals surface area contributed by atoms with E-state index < -0.39 is 23.8 Å². The Hall–Kier alpha value is -6.00. The maximum absolute atomic E-state index is 15.5. The first-order valence-electron chi connectivity index (χ1n) is 22.2. The zero-order valence-electron chi connectivity index (χ0n) is 36.2. The molecule has 0 spiro atoms. The third kappa shape index (κ3) is 9.52. The van der Waals surface area contributed by atoms with Crippen molar-refractivity contribution in [1.29, 1.82) is 5.26 Å². The average molecular weight is 855 g/mol. The van der Waals surface area contributed by atoms with Gasteiger partial charge in [0.15, 0.2) is 0 Å². The number of hydrogen-bond donors (Lipinski definition) is 3. The molecule has 2 aliphatic carbocycles. The lowest BCUT2D eigenvalue weighted by atomic mass is 9.55. The van der Waals surface area contributed by atoms with Crippen molar-refractivity contribution in [2.45, 2.75) is 83.1 Å². The van der Waals surface area contributed by atoms with Gasteiger partial charge in [-0.3, -0.25) is 4.79 Å². The van der Waals surface area contributed by atoms with E-state index in [2.05, 4.69) is 42.2 Å². The third-order valence-electron chi connectivity index (χ3n) is 12.6. The quantitative estimate of drug-likeness (QED) is 0.0475. The minimum Gasteiger partial charge on any atom is -0.459 e. The summed E-state index contributed by atoms with van der Waals surface area (Å²) in [7, 11) is 0. The van der Waals surface area contributed by atoms with Crippen LogP contribution in [0.25, 0.3) is 10.8 Å². The molecule has 2 amide bonds. The van der Waals surface area contributed by atoms with Crippen molar-refractivity contribution in [3.05, 3.63) is 131 Å². The lowest BCUT2D eigenvalue weighted by molar-refractivity contribution is -0.255. The highest BCUT2D eigenvalue weighted by molar-refractivity contribution is 6.03. The normalized spacial score (nSPS) is 22.7. The van der Waals surface area contributed by atoms with Crippen LogP contribution in [0, 0.1) is 29.1 Å². The molecule has 0 aromatic heterocycles. The number of carbonyl (C=O) groups is 2. The van der Waals surface area contributed by atoms with Crippen LogP contribution in [0.15, 0.2) is 114 Å². The number of benzene rings is 4. The van der Waals surface area contributed by atoms with Crippen LogP contribution in [0.1, 0.15) is 91.8 Å². The number of fused-ring (bicyclic) bond motifs is 3. The number of rotatable bonds is 19. The Labute approximate surface area is 369 Å². The van der Waals surface area contributed by atoms with Gasteiger partial charge in [0.05, 0.1) is 29.9 Å². The summed E-state index contributed by atoms with van der Waals surface area (Å²) in [6.07, 6.45) is 7.98. The molecule has 0 bridgehead atoms. The van der Waals surface area contributed by atoms with Gasteiger partial charge in [0.1, 0.15) is 24.1 Å². The lowest BCUT2D eigenvalue weighted by Gasteiger charge is -2.60. The van der Waals surface area contributed by atoms with Gasteiger partial charge in [-0.15, -0.1) is 6.58 Å². The van der Waals surface area contributed by atoms with E-state index in [0.717, 1.165) is 53.2 Å². The van der Waals surface area contributed by atoms with Gasteiger partial charge in [0.2, 0.25) is 5.79 Å². The first-order chi connectivity index (χ1) is 30.8. The van der Waals surface area contributed by atoms with Gasteiger partial charge in [0.25, 0.3) is 5.91 Å². The molecule has 3 aliphatic rings. The number of aliphatic hydroxyl groups is 2. The van der Waals surface area contributed by atoms with Crippen LogP contribution in [-0.2, 0) is 16.1 Å². The fourth-order valence-electron chi connectivity index (χ4n) is 9.93. The van der Waals surface area contributed by atoms with E-state index in [0.29, 0.717) is 54.3 Å². The molecule has 6 atom stereocenters. The first kappa shape index (κ1) is 45.0. The standard InChI is InChI=1S/C51H58N4O8/c1-4-28-60-51-46(55(49(58)36-22-20-34(32-52)21-23-36)33-38-17-13-16-35-14-7-8-18-40(35)38)31-44(54-61-6-3)42-29-37(15-9-11-26-56)41(19-10-12-27-57)47(48(42)51)43-30-39(24-25-45(43)63-51)62-50(59)53-5-2/h4,7-8,13-14,16-18,20-25,29-30,37,41,46-48,56-57H,1,5-6,9-12,15,19,26-28,31,33H2,2-3H3,(H,53,59). The van der Waals surface area contributed by atoms with Crippen LogP contribution in [0.2, 0.25) is 0 Å². The Kier molecular flexibility index (Phi) is 15.0. The van der Waals surface area contributed by atoms with Gasteiger partial charge in [-0.1, -0.05) is 72.6 Å². The summed E-state index contributed by atoms with van der Waals surface area (Å²) in [5.41, 5.74) is 4.16. The molecule has 1 fully saturated rings. The molecule has 1 saturated carbocycles. The summed E-state index contributed by atoms with van der Waals surface area (Å²) in [6, 6.07) is 27.6. The summed E-state index contributed by atoms with van der Waals surface area (Å²) in [6.45, 7) is 8.90. The number of allylic oxidation sites excluding steroid dienone is 1. The van der Waals surface area contributed by atoms with Gasteiger partial charge in [-0.05, 0) is 116 Å². The number of nitrogens with zero attached hydrogens (tertiary/aromatic N) is 3. The van der Waals surface area contributed by atoms with E-state index in [9.17, 15) is 20.3 Å². The van der Waals surface area contributed by atoms with Crippen LogP contribution in [-0.4, -0.2) is 77.6 Å². The molecule has 3 N–H and O–H groups in total. The minimum absolute atomic E-state index is 0.0223. The van der Waals surface area contributed by atoms with Crippen molar-refractivity contribution in [3.8, 4) is 17.6 Å². The largest absolute Gasteiger partial charge is 0.459 e. The second-order valence-corrected chi connectivity index (χ2v) is 16.4. The number of nitrogens with one attached hydrogen (secondary N) is 1. The van der Waals surface area contributed by atoms with Crippen molar-refractivity contribution in [2.75, 3.05) is 33.0 Å². The molecule has 0 radical (unpaired) electrons. The summed E-state index contributed by atoms with van der Waals surface area (Å²) >= 11 is 0. The zero-order valence-corrected chi connectivity index (χ0v) is 36.2. The summed E-state index contributed by atoms with van der Waals surface area (Å²) in [5, 5.41) is 39.1. The molecular weight excluding hydrogens is 797 g/mol. The van der Waals surface area contributed by atoms with E-state index >= 15 is 4.79 Å². The molecular formula is C51H58N4O8. The Morgan fingerprint density at radius 2 is 1.76 bits per heavy atom. The number of aliphatic hydroxyl groups excluding tert-OH is 2. The highest BCUT2D eigenvalue weighted by Crippen LogP contribution is 2.62. The fraction of sp³-hybridized carbons (Fsp3) is 0.412. The molecule has 7 rings (SSSR count). The van der Waals surface area contributed by atoms with Crippen LogP contribution in [0.5, 0.6) is 11.5 Å². The SMILES string of the molecule is C=CCOC12Oc3ccc(OC(=O)NCC)cc3C3C(CCCCO)C(CCCCO)C=C(C(=NOCC)CC1N(Cc1cccc4ccccc14)C(=O)c1ccc(C#N)cc1)C32. The van der Waals surface area contributed by atoms with Gasteiger partial charge in [0, 0.05) is 49.8 Å². The van der Waals surface area contributed by atoms with Crippen molar-refractivity contribution in [2.24, 2.45) is 22.9 Å². The monoisotopic (exact) mass is 854 g/mol. The number of amides is 2. The van der Waals surface area contributed by atoms with Crippen LogP contribution < -0.4 is 14.8 Å². The molecule has 1 aliphatic heterocycles. The molecule has 63 heavy (non-hydrogen) atoms. The van der Waals surface area contributed by atoms with Crippen molar-refractivity contribution < 1.29 is 38.9 Å². The predicted molar refractivity (Wildman–Crippen MR) is 241 cm³/mol. The van der Waals surface area contributed by atoms with E-state index in [1.807, 2.05) is 55.1 Å². The number of carbonyl (C=O) groups excluding carboxylic acids is 2. The highest BCUT2D eigenvalue weighted by Gasteiger charge is 2.65. The first-order valence-corrected chi connectivity index (χ1v) is 22.2. The second-order valence-electron chi connectivity index (χ2n) is 16.4. The van der Waals surface area contributed by atoms with Crippen LogP contribution in [0.4, 0.5) is 4.79 Å². The number of ether oxygens (including phenoxy) is 3. The molecule has 1 heterocycles. The van der Waals surface area contributed by atoms with Gasteiger partial charge >= 0.3 is 6.09 Å². The second kappa shape index (κ2) is 20.9. The topological polar surface area (TPSA) is 163 Å². The molecule has 4 aromatic rings. The Morgan fingerprint density at radius 3 is 2.49 bits per heavy atom. The summed E-state index contributed by atoms with van der Waals surface area (Å²) < 4.78 is 20.4. The number of oxime groups is 1. The Bertz CT molecular complexity index is 2350. The van der Waals surface area contributed by atoms with E-state index in [1.165, 1.54) is 0 Å². The fourth-order valence-corrected chi connectivity index (χ4v) is 9.93. The number of hydrogen-bond acceptors (Lipinski definition) is 10. The van der Waals surface area contributed by atoms with E-state index in [-0.39, 0.29) is 56.4 Å². The zero-order chi connectivity index (χ0) is 44.3. The Balaban J connectivity index is 1.50. The molecule has 12 nitrogen and oxygen atoms in total. The van der Waals surface area contributed by atoms with Gasteiger partial charge < -0.3 is 39.5 Å². The third-order valence-corrected chi connectivity index (χ3v) is 12.6. The number of unbranched alkanes of at least 4 members (excludes halogenated alkanes) is 2. The molecule has 330 valence electrons. The van der Waals surface area contributed by atoms with Crippen molar-refractivity contribution >= 4 is 28.5 Å². The van der Waals surface area contributed by atoms with Crippen molar-refractivity contribution in [1.82, 2.24) is 10.2 Å². The van der Waals surface area contributed by atoms with E-state index in [4.69, 9.17) is 24.2 Å². The van der Waals surface area contributed by atoms with Crippen molar-refractivity contribution in [3.63, 3.8) is 0 Å². The lowest BCUT2D eigenvalue weighted by Crippen LogP contribution is -2.70.